The molecule has 3 rings (SSSR count). The van der Waals surface area contributed by atoms with Gasteiger partial charge in [0.15, 0.2) is 6.10 Å². The van der Waals surface area contributed by atoms with Crippen LogP contribution in [0, 0.1) is 0 Å². The van der Waals surface area contributed by atoms with E-state index in [1.807, 2.05) is 11.1 Å². The molecule has 0 N–H and O–H groups in total. The zero-order valence-electron chi connectivity index (χ0n) is 18.0. The molecule has 0 saturated carbocycles. The first-order valence-corrected chi connectivity index (χ1v) is 11.0. The zero-order valence-corrected chi connectivity index (χ0v) is 19.5. The molecule has 8 heteroatoms. The summed E-state index contributed by atoms with van der Waals surface area (Å²) in [6.07, 6.45) is 2.06. The number of nitrogens with zero attached hydrogens (tertiary/aromatic N) is 3. The van der Waals surface area contributed by atoms with Crippen LogP contribution in [0.15, 0.2) is 28.8 Å². The monoisotopic (exact) mass is 453 g/mol. The molecule has 0 radical (unpaired) electrons. The molecule has 6 nitrogen and oxygen atoms in total. The van der Waals surface area contributed by atoms with Crippen LogP contribution in [0.4, 0.5) is 0 Å². The van der Waals surface area contributed by atoms with Crippen molar-refractivity contribution in [2.45, 2.75) is 52.2 Å². The van der Waals surface area contributed by atoms with Crippen LogP contribution in [0.2, 0.25) is 10.0 Å². The number of hydrogen-bond acceptors (Lipinski definition) is 5. The van der Waals surface area contributed by atoms with Crippen LogP contribution in [-0.4, -0.2) is 53.0 Å². The van der Waals surface area contributed by atoms with E-state index in [0.717, 1.165) is 25.3 Å². The summed E-state index contributed by atoms with van der Waals surface area (Å²) < 4.78 is 11.7. The molecule has 164 valence electrons. The van der Waals surface area contributed by atoms with Gasteiger partial charge < -0.3 is 14.1 Å². The second-order valence-corrected chi connectivity index (χ2v) is 9.50. The lowest BCUT2D eigenvalue weighted by Crippen LogP contribution is -2.42. The lowest BCUT2D eigenvalue weighted by Gasteiger charge is -2.25. The molecule has 1 aromatic heterocycles. The third-order valence-corrected chi connectivity index (χ3v) is 5.63. The van der Waals surface area contributed by atoms with Gasteiger partial charge in [0.1, 0.15) is 11.5 Å². The van der Waals surface area contributed by atoms with Crippen molar-refractivity contribution in [2.24, 2.45) is 0 Å². The zero-order chi connectivity index (χ0) is 21.9. The van der Waals surface area contributed by atoms with E-state index in [1.165, 1.54) is 0 Å². The molecular formula is C22H29Cl2N3O3. The van der Waals surface area contributed by atoms with Gasteiger partial charge in [-0.3, -0.25) is 9.69 Å². The van der Waals surface area contributed by atoms with E-state index >= 15 is 0 Å². The topological polar surface area (TPSA) is 58.8 Å². The maximum absolute atomic E-state index is 12.9. The summed E-state index contributed by atoms with van der Waals surface area (Å²) in [5, 5.41) is 0.921. The van der Waals surface area contributed by atoms with Gasteiger partial charge in [-0.25, -0.2) is 4.98 Å². The van der Waals surface area contributed by atoms with E-state index in [1.54, 1.807) is 25.1 Å². The van der Waals surface area contributed by atoms with Crippen LogP contribution in [0.3, 0.4) is 0 Å². The van der Waals surface area contributed by atoms with E-state index in [0.29, 0.717) is 41.3 Å². The number of oxazole rings is 1. The second kappa shape index (κ2) is 9.58. The highest BCUT2D eigenvalue weighted by Crippen LogP contribution is 2.28. The summed E-state index contributed by atoms with van der Waals surface area (Å²) in [5.74, 6) is 2.01. The summed E-state index contributed by atoms with van der Waals surface area (Å²) in [6, 6.07) is 4.98. The van der Waals surface area contributed by atoms with E-state index in [-0.39, 0.29) is 11.3 Å². The number of ether oxygens (including phenoxy) is 1. The Morgan fingerprint density at radius 2 is 2.00 bits per heavy atom. The summed E-state index contributed by atoms with van der Waals surface area (Å²) in [4.78, 5) is 21.4. The van der Waals surface area contributed by atoms with Gasteiger partial charge in [0.2, 0.25) is 5.89 Å². The smallest absolute Gasteiger partial charge is 0.263 e. The van der Waals surface area contributed by atoms with Crippen molar-refractivity contribution in [1.29, 1.82) is 0 Å². The lowest BCUT2D eigenvalue weighted by molar-refractivity contribution is -0.137. The molecule has 0 bridgehead atoms. The molecule has 1 aliphatic rings. The summed E-state index contributed by atoms with van der Waals surface area (Å²) in [6.45, 7) is 11.7. The Kier molecular flexibility index (Phi) is 7.32. The molecule has 1 fully saturated rings. The predicted octanol–water partition coefficient (Wildman–Crippen LogP) is 4.78. The SMILES string of the molecule is CC(Oc1ccc(Cl)cc1Cl)C(=O)N1CCCN(Cc2ncc(C(C)(C)C)o2)CC1. The molecule has 1 atom stereocenters. The average molecular weight is 454 g/mol. The Morgan fingerprint density at radius 1 is 1.23 bits per heavy atom. The van der Waals surface area contributed by atoms with Gasteiger partial charge in [0.05, 0.1) is 17.8 Å². The lowest BCUT2D eigenvalue weighted by atomic mass is 9.94. The molecule has 2 aromatic rings. The minimum atomic E-state index is -0.628. The van der Waals surface area contributed by atoms with E-state index in [9.17, 15) is 4.79 Å². The van der Waals surface area contributed by atoms with Crippen molar-refractivity contribution in [3.8, 4) is 5.75 Å². The Balaban J connectivity index is 1.55. The molecule has 1 unspecified atom stereocenters. The van der Waals surface area contributed by atoms with Gasteiger partial charge in [-0.05, 0) is 31.5 Å². The van der Waals surface area contributed by atoms with Gasteiger partial charge in [-0.15, -0.1) is 0 Å². The van der Waals surface area contributed by atoms with Crippen LogP contribution in [0.25, 0.3) is 0 Å². The molecule has 30 heavy (non-hydrogen) atoms. The maximum atomic E-state index is 12.9. The Labute approximate surface area is 188 Å². The first kappa shape index (κ1) is 22.9. The van der Waals surface area contributed by atoms with Gasteiger partial charge in [0, 0.05) is 36.6 Å². The molecule has 1 amide bonds. The molecule has 2 heterocycles. The van der Waals surface area contributed by atoms with Gasteiger partial charge in [-0.2, -0.15) is 0 Å². The number of hydrogen-bond donors (Lipinski definition) is 0. The molecule has 0 spiro atoms. The summed E-state index contributed by atoms with van der Waals surface area (Å²) in [5.41, 5.74) is -0.0591. The Bertz CT molecular complexity index is 879. The highest BCUT2D eigenvalue weighted by molar-refractivity contribution is 6.35. The van der Waals surface area contributed by atoms with E-state index < -0.39 is 6.10 Å². The summed E-state index contributed by atoms with van der Waals surface area (Å²) in [7, 11) is 0. The van der Waals surface area contributed by atoms with Crippen molar-refractivity contribution in [3.63, 3.8) is 0 Å². The predicted molar refractivity (Wildman–Crippen MR) is 118 cm³/mol. The standard InChI is InChI=1S/C22H29Cl2N3O3/c1-15(29-18-7-6-16(23)12-17(18)24)21(28)27-9-5-8-26(10-11-27)14-20-25-13-19(30-20)22(2,3)4/h6-7,12-13,15H,5,8-11,14H2,1-4H3. The third-order valence-electron chi connectivity index (χ3n) is 5.10. The summed E-state index contributed by atoms with van der Waals surface area (Å²) >= 11 is 12.1. The first-order chi connectivity index (χ1) is 14.1. The van der Waals surface area contributed by atoms with Crippen LogP contribution >= 0.6 is 23.2 Å². The number of carbonyl (C=O) groups excluding carboxylic acids is 1. The molecular weight excluding hydrogens is 425 g/mol. The number of carbonyl (C=O) groups is 1. The number of amides is 1. The maximum Gasteiger partial charge on any atom is 0.263 e. The molecule has 1 saturated heterocycles. The second-order valence-electron chi connectivity index (χ2n) is 8.66. The van der Waals surface area contributed by atoms with Crippen molar-refractivity contribution < 1.29 is 13.9 Å². The highest BCUT2D eigenvalue weighted by Gasteiger charge is 2.26. The fraction of sp³-hybridized carbons (Fsp3) is 0.545. The molecule has 0 aliphatic carbocycles. The minimum absolute atomic E-state index is 0.0472. The highest BCUT2D eigenvalue weighted by atomic mass is 35.5. The quantitative estimate of drug-likeness (QED) is 0.651. The molecule has 1 aromatic carbocycles. The third kappa shape index (κ3) is 5.90. The number of benzene rings is 1. The van der Waals surface area contributed by atoms with Crippen LogP contribution in [0.1, 0.15) is 45.8 Å². The van der Waals surface area contributed by atoms with Crippen LogP contribution < -0.4 is 4.74 Å². The van der Waals surface area contributed by atoms with E-state index in [4.69, 9.17) is 32.4 Å². The van der Waals surface area contributed by atoms with Gasteiger partial charge >= 0.3 is 0 Å². The van der Waals surface area contributed by atoms with Crippen molar-refractivity contribution in [3.05, 3.63) is 46.1 Å². The van der Waals surface area contributed by atoms with Crippen LogP contribution in [0.5, 0.6) is 5.75 Å². The number of halogens is 2. The van der Waals surface area contributed by atoms with E-state index in [2.05, 4.69) is 30.7 Å². The van der Waals surface area contributed by atoms with Crippen LogP contribution in [-0.2, 0) is 16.8 Å². The number of aromatic nitrogens is 1. The van der Waals surface area contributed by atoms with Gasteiger partial charge in [-0.1, -0.05) is 44.0 Å². The Hall–Kier alpha value is -1.76. The number of rotatable bonds is 5. The fourth-order valence-corrected chi connectivity index (χ4v) is 3.79. The Morgan fingerprint density at radius 3 is 2.67 bits per heavy atom. The van der Waals surface area contributed by atoms with Crippen molar-refractivity contribution in [2.75, 3.05) is 26.2 Å². The minimum Gasteiger partial charge on any atom is -0.479 e. The molecule has 1 aliphatic heterocycles. The average Bonchev–Trinajstić information content (AvgIpc) is 3.02. The van der Waals surface area contributed by atoms with Crippen molar-refractivity contribution in [1.82, 2.24) is 14.8 Å². The van der Waals surface area contributed by atoms with Crippen molar-refractivity contribution >= 4 is 29.1 Å². The fourth-order valence-electron chi connectivity index (χ4n) is 3.34. The normalized spacial score (nSPS) is 16.9. The first-order valence-electron chi connectivity index (χ1n) is 10.2. The largest absolute Gasteiger partial charge is 0.479 e. The van der Waals surface area contributed by atoms with Gasteiger partial charge in [0.25, 0.3) is 5.91 Å².